The smallest absolute Gasteiger partial charge is 0.397 e. The van der Waals surface area contributed by atoms with Crippen molar-refractivity contribution in [2.45, 2.75) is 13.3 Å². The fourth-order valence-electron chi connectivity index (χ4n) is 1.36. The summed E-state index contributed by atoms with van der Waals surface area (Å²) in [7, 11) is 0. The molecule has 0 aromatic carbocycles. The lowest BCUT2D eigenvalue weighted by Crippen LogP contribution is -2.01. The standard InChI is InChI=1S/C11H12N4O3/c1-2-5-12-8-6-13-11(14-7-8)9-3-4-10(18-9)15(16)17/h3-4,6-7,12H,2,5H2,1H3. The zero-order valence-electron chi connectivity index (χ0n) is 9.79. The van der Waals surface area contributed by atoms with Crippen molar-refractivity contribution in [1.82, 2.24) is 9.97 Å². The molecule has 2 aromatic rings. The van der Waals surface area contributed by atoms with Crippen LogP contribution in [0.25, 0.3) is 11.6 Å². The zero-order valence-corrected chi connectivity index (χ0v) is 9.79. The fraction of sp³-hybridized carbons (Fsp3) is 0.273. The van der Waals surface area contributed by atoms with E-state index in [4.69, 9.17) is 4.42 Å². The minimum atomic E-state index is -0.597. The first-order valence-electron chi connectivity index (χ1n) is 5.51. The Labute approximate surface area is 103 Å². The van der Waals surface area contributed by atoms with Gasteiger partial charge in [0.25, 0.3) is 0 Å². The molecule has 0 bridgehead atoms. The highest BCUT2D eigenvalue weighted by molar-refractivity contribution is 5.51. The Morgan fingerprint density at radius 2 is 2.11 bits per heavy atom. The van der Waals surface area contributed by atoms with Gasteiger partial charge in [0.2, 0.25) is 0 Å². The van der Waals surface area contributed by atoms with Gasteiger partial charge in [-0.3, -0.25) is 10.1 Å². The molecule has 1 N–H and O–H groups in total. The predicted molar refractivity (Wildman–Crippen MR) is 65.2 cm³/mol. The van der Waals surface area contributed by atoms with Crippen LogP contribution in [0.2, 0.25) is 0 Å². The Morgan fingerprint density at radius 1 is 1.39 bits per heavy atom. The summed E-state index contributed by atoms with van der Waals surface area (Å²) in [6, 6.07) is 2.76. The summed E-state index contributed by atoms with van der Waals surface area (Å²) in [4.78, 5) is 18.1. The Bertz CT molecular complexity index is 535. The van der Waals surface area contributed by atoms with Gasteiger partial charge in [-0.15, -0.1) is 0 Å². The van der Waals surface area contributed by atoms with Crippen molar-refractivity contribution in [1.29, 1.82) is 0 Å². The summed E-state index contributed by atoms with van der Waals surface area (Å²) >= 11 is 0. The number of nitrogens with one attached hydrogen (secondary N) is 1. The van der Waals surface area contributed by atoms with Gasteiger partial charge < -0.3 is 9.73 Å². The number of nitrogens with zero attached hydrogens (tertiary/aromatic N) is 3. The summed E-state index contributed by atoms with van der Waals surface area (Å²) in [6.07, 6.45) is 4.24. The second-order valence-electron chi connectivity index (χ2n) is 3.62. The molecule has 0 aliphatic heterocycles. The maximum atomic E-state index is 10.5. The summed E-state index contributed by atoms with van der Waals surface area (Å²) in [5.41, 5.74) is 0.807. The van der Waals surface area contributed by atoms with Crippen LogP contribution in [-0.4, -0.2) is 21.4 Å². The number of hydrogen-bond acceptors (Lipinski definition) is 6. The first-order chi connectivity index (χ1) is 8.70. The Balaban J connectivity index is 2.15. The van der Waals surface area contributed by atoms with Crippen LogP contribution in [0, 0.1) is 10.1 Å². The maximum absolute atomic E-state index is 10.5. The number of anilines is 1. The van der Waals surface area contributed by atoms with Crippen LogP contribution in [0.3, 0.4) is 0 Å². The van der Waals surface area contributed by atoms with E-state index in [-0.39, 0.29) is 11.6 Å². The van der Waals surface area contributed by atoms with Crippen molar-refractivity contribution < 1.29 is 9.34 Å². The number of rotatable bonds is 5. The molecule has 7 heteroatoms. The van der Waals surface area contributed by atoms with Crippen molar-refractivity contribution >= 4 is 11.6 Å². The summed E-state index contributed by atoms with van der Waals surface area (Å²) < 4.78 is 5.01. The van der Waals surface area contributed by atoms with Crippen LogP contribution in [0.4, 0.5) is 11.6 Å². The average molecular weight is 248 g/mol. The van der Waals surface area contributed by atoms with E-state index in [1.165, 1.54) is 12.1 Å². The van der Waals surface area contributed by atoms with Crippen LogP contribution in [-0.2, 0) is 0 Å². The van der Waals surface area contributed by atoms with E-state index in [1.807, 2.05) is 0 Å². The topological polar surface area (TPSA) is 94.1 Å². The van der Waals surface area contributed by atoms with Crippen LogP contribution in [0.1, 0.15) is 13.3 Å². The predicted octanol–water partition coefficient (Wildman–Crippen LogP) is 2.47. The van der Waals surface area contributed by atoms with Crippen LogP contribution >= 0.6 is 0 Å². The molecule has 7 nitrogen and oxygen atoms in total. The van der Waals surface area contributed by atoms with Gasteiger partial charge in [0.05, 0.1) is 24.1 Å². The second-order valence-corrected chi connectivity index (χ2v) is 3.62. The number of nitro groups is 1. The molecule has 2 rings (SSSR count). The molecule has 18 heavy (non-hydrogen) atoms. The lowest BCUT2D eigenvalue weighted by Gasteiger charge is -2.03. The van der Waals surface area contributed by atoms with Gasteiger partial charge in [-0.25, -0.2) is 9.97 Å². The van der Waals surface area contributed by atoms with E-state index in [0.717, 1.165) is 18.7 Å². The normalized spacial score (nSPS) is 10.3. The van der Waals surface area contributed by atoms with Crippen molar-refractivity contribution in [3.63, 3.8) is 0 Å². The molecule has 0 saturated heterocycles. The molecule has 94 valence electrons. The fourth-order valence-corrected chi connectivity index (χ4v) is 1.36. The van der Waals surface area contributed by atoms with Crippen LogP contribution < -0.4 is 5.32 Å². The monoisotopic (exact) mass is 248 g/mol. The van der Waals surface area contributed by atoms with Crippen LogP contribution in [0.5, 0.6) is 0 Å². The molecule has 2 aromatic heterocycles. The molecule has 0 aliphatic rings. The van der Waals surface area contributed by atoms with Gasteiger partial charge in [0.15, 0.2) is 11.6 Å². The minimum Gasteiger partial charge on any atom is -0.397 e. The summed E-state index contributed by atoms with van der Waals surface area (Å²) in [6.45, 7) is 2.90. The Morgan fingerprint density at radius 3 is 2.67 bits per heavy atom. The van der Waals surface area contributed by atoms with Gasteiger partial charge in [-0.2, -0.15) is 0 Å². The SMILES string of the molecule is CCCNc1cnc(-c2ccc([N+](=O)[O-])o2)nc1. The van der Waals surface area contributed by atoms with E-state index < -0.39 is 4.92 Å². The second kappa shape index (κ2) is 5.26. The minimum absolute atomic E-state index is 0.281. The average Bonchev–Trinajstić information content (AvgIpc) is 2.87. The molecule has 0 amide bonds. The molecule has 0 fully saturated rings. The van der Waals surface area contributed by atoms with Crippen molar-refractivity contribution in [2.75, 3.05) is 11.9 Å². The third-order valence-corrected chi connectivity index (χ3v) is 2.22. The summed E-state index contributed by atoms with van der Waals surface area (Å²) in [5, 5.41) is 13.6. The lowest BCUT2D eigenvalue weighted by molar-refractivity contribution is -0.401. The van der Waals surface area contributed by atoms with Crippen molar-refractivity contribution in [3.8, 4) is 11.6 Å². The molecule has 0 spiro atoms. The van der Waals surface area contributed by atoms with E-state index >= 15 is 0 Å². The molecule has 0 unspecified atom stereocenters. The first-order valence-corrected chi connectivity index (χ1v) is 5.51. The molecule has 0 radical (unpaired) electrons. The molecular weight excluding hydrogens is 236 g/mol. The molecule has 0 aliphatic carbocycles. The zero-order chi connectivity index (χ0) is 13.0. The van der Waals surface area contributed by atoms with Gasteiger partial charge in [0.1, 0.15) is 4.92 Å². The highest BCUT2D eigenvalue weighted by Gasteiger charge is 2.14. The number of hydrogen-bond donors (Lipinski definition) is 1. The van der Waals surface area contributed by atoms with E-state index in [0.29, 0.717) is 5.82 Å². The van der Waals surface area contributed by atoms with Crippen LogP contribution in [0.15, 0.2) is 28.9 Å². The largest absolute Gasteiger partial charge is 0.433 e. The highest BCUT2D eigenvalue weighted by atomic mass is 16.6. The Kier molecular flexibility index (Phi) is 3.52. The third-order valence-electron chi connectivity index (χ3n) is 2.22. The van der Waals surface area contributed by atoms with Gasteiger partial charge >= 0.3 is 5.88 Å². The number of furan rings is 1. The van der Waals surface area contributed by atoms with E-state index in [1.54, 1.807) is 12.4 Å². The maximum Gasteiger partial charge on any atom is 0.433 e. The van der Waals surface area contributed by atoms with Gasteiger partial charge in [-0.1, -0.05) is 6.92 Å². The van der Waals surface area contributed by atoms with Gasteiger partial charge in [-0.05, 0) is 12.5 Å². The van der Waals surface area contributed by atoms with E-state index in [9.17, 15) is 10.1 Å². The highest BCUT2D eigenvalue weighted by Crippen LogP contribution is 2.23. The molecule has 0 saturated carbocycles. The number of aromatic nitrogens is 2. The molecular formula is C11H12N4O3. The Hall–Kier alpha value is -2.44. The lowest BCUT2D eigenvalue weighted by atomic mass is 10.4. The quantitative estimate of drug-likeness (QED) is 0.645. The molecule has 0 atom stereocenters. The van der Waals surface area contributed by atoms with Gasteiger partial charge in [0, 0.05) is 6.54 Å². The third kappa shape index (κ3) is 2.62. The first kappa shape index (κ1) is 12.0. The van der Waals surface area contributed by atoms with Crippen molar-refractivity contribution in [3.05, 3.63) is 34.6 Å². The molecule has 2 heterocycles. The summed E-state index contributed by atoms with van der Waals surface area (Å²) in [5.74, 6) is 0.288. The van der Waals surface area contributed by atoms with Crippen molar-refractivity contribution in [2.24, 2.45) is 0 Å². The van der Waals surface area contributed by atoms with E-state index in [2.05, 4.69) is 22.2 Å².